The van der Waals surface area contributed by atoms with Crippen LogP contribution in [0.25, 0.3) is 0 Å². The highest BCUT2D eigenvalue weighted by molar-refractivity contribution is 7.92. The van der Waals surface area contributed by atoms with Crippen LogP contribution in [0.15, 0.2) is 52.9 Å². The van der Waals surface area contributed by atoms with Crippen LogP contribution in [0.2, 0.25) is 5.02 Å². The molecule has 0 aromatic heterocycles. The summed E-state index contributed by atoms with van der Waals surface area (Å²) in [6.07, 6.45) is 11.9. The van der Waals surface area contributed by atoms with Crippen molar-refractivity contribution >= 4 is 39.1 Å². The maximum Gasteiger partial charge on any atom is 0.327 e. The second-order valence-electron chi connectivity index (χ2n) is 15.0. The number of urea groups is 1. The van der Waals surface area contributed by atoms with E-state index in [1.807, 2.05) is 25.1 Å². The Bertz CT molecular complexity index is 1760. The van der Waals surface area contributed by atoms with Crippen LogP contribution in [0.4, 0.5) is 10.5 Å². The van der Waals surface area contributed by atoms with E-state index >= 15 is 0 Å². The van der Waals surface area contributed by atoms with E-state index in [1.54, 1.807) is 13.2 Å². The van der Waals surface area contributed by atoms with Crippen LogP contribution in [0.3, 0.4) is 0 Å². The van der Waals surface area contributed by atoms with Crippen LogP contribution in [0.1, 0.15) is 80.3 Å². The zero-order valence-corrected chi connectivity index (χ0v) is 30.4. The van der Waals surface area contributed by atoms with Crippen LogP contribution in [0.5, 0.6) is 5.75 Å². The number of benzene rings is 2. The molecule has 1 spiro atoms. The van der Waals surface area contributed by atoms with E-state index in [0.29, 0.717) is 36.3 Å². The molecule has 8 atom stereocenters. The maximum atomic E-state index is 14.4. The van der Waals surface area contributed by atoms with E-state index in [9.17, 15) is 13.8 Å². The van der Waals surface area contributed by atoms with Gasteiger partial charge >= 0.3 is 6.03 Å². The summed E-state index contributed by atoms with van der Waals surface area (Å²) >= 11 is 6.45. The summed E-state index contributed by atoms with van der Waals surface area (Å²) < 4.78 is 34.0. The van der Waals surface area contributed by atoms with Crippen LogP contribution in [-0.4, -0.2) is 60.9 Å². The molecule has 2 bridgehead atoms. The molecule has 11 heteroatoms. The molecule has 2 aromatic carbocycles. The molecule has 0 saturated heterocycles. The van der Waals surface area contributed by atoms with Gasteiger partial charge in [0.05, 0.1) is 24.2 Å². The smallest absolute Gasteiger partial charge is 0.327 e. The zero-order valence-electron chi connectivity index (χ0n) is 28.8. The number of amides is 3. The van der Waals surface area contributed by atoms with Gasteiger partial charge in [0.1, 0.15) is 15.7 Å². The first-order valence-electron chi connectivity index (χ1n) is 18.0. The second kappa shape index (κ2) is 13.9. The molecule has 2 aromatic rings. The molecule has 49 heavy (non-hydrogen) atoms. The first-order valence-corrected chi connectivity index (χ1v) is 20.0. The van der Waals surface area contributed by atoms with Gasteiger partial charge in [-0.3, -0.25) is 9.52 Å². The van der Waals surface area contributed by atoms with Gasteiger partial charge < -0.3 is 19.7 Å². The van der Waals surface area contributed by atoms with Crippen molar-refractivity contribution in [2.75, 3.05) is 37.5 Å². The van der Waals surface area contributed by atoms with Gasteiger partial charge in [-0.1, -0.05) is 50.1 Å². The highest BCUT2D eigenvalue weighted by Gasteiger charge is 2.44. The topological polar surface area (TPSA) is 109 Å². The van der Waals surface area contributed by atoms with Crippen molar-refractivity contribution in [3.8, 4) is 5.75 Å². The molecule has 2 unspecified atom stereocenters. The fourth-order valence-electron chi connectivity index (χ4n) is 8.59. The molecule has 264 valence electrons. The third-order valence-electron chi connectivity index (χ3n) is 11.5. The number of hydrogen-bond donors (Lipinski definition) is 2. The van der Waals surface area contributed by atoms with Crippen molar-refractivity contribution in [2.45, 2.75) is 82.8 Å². The van der Waals surface area contributed by atoms with Crippen LogP contribution in [0, 0.1) is 23.7 Å². The highest BCUT2D eigenvalue weighted by Crippen LogP contribution is 2.47. The third kappa shape index (κ3) is 7.24. The Morgan fingerprint density at radius 1 is 1.22 bits per heavy atom. The lowest BCUT2D eigenvalue weighted by Crippen LogP contribution is -2.49. The molecule has 0 radical (unpaired) electrons. The number of carbonyl (C=O) groups is 2. The Hall–Kier alpha value is -3.08. The summed E-state index contributed by atoms with van der Waals surface area (Å²) in [5.41, 5.74) is 3.47. The maximum absolute atomic E-state index is 14.4. The van der Waals surface area contributed by atoms with Gasteiger partial charge in [0.15, 0.2) is 0 Å². The van der Waals surface area contributed by atoms with Gasteiger partial charge in [-0.05, 0) is 110 Å². The highest BCUT2D eigenvalue weighted by atomic mass is 35.5. The molecular formula is C38H49ClN4O5S. The van der Waals surface area contributed by atoms with Gasteiger partial charge in [0.25, 0.3) is 5.91 Å². The number of hydrogen-bond acceptors (Lipinski definition) is 6. The van der Waals surface area contributed by atoms with E-state index in [1.165, 1.54) is 11.1 Å². The number of fused-ring (bicyclic) bond motifs is 4. The predicted molar refractivity (Wildman–Crippen MR) is 194 cm³/mol. The van der Waals surface area contributed by atoms with E-state index in [2.05, 4.69) is 50.5 Å². The fourth-order valence-corrected chi connectivity index (χ4v) is 10.6. The lowest BCUT2D eigenvalue weighted by molar-refractivity contribution is 0.0131. The quantitative estimate of drug-likeness (QED) is 0.329. The summed E-state index contributed by atoms with van der Waals surface area (Å²) in [5.74, 6) is 1.24. The molecule has 9 nitrogen and oxygen atoms in total. The lowest BCUT2D eigenvalue weighted by Gasteiger charge is -2.46. The van der Waals surface area contributed by atoms with E-state index in [0.717, 1.165) is 74.5 Å². The number of ether oxygens (including phenoxy) is 2. The number of rotatable bonds is 4. The minimum Gasteiger partial charge on any atom is -0.490 e. The molecule has 2 heterocycles. The largest absolute Gasteiger partial charge is 0.490 e. The van der Waals surface area contributed by atoms with Crippen molar-refractivity contribution in [1.82, 2.24) is 10.0 Å². The standard InChI is InChI=1S/C38H49ClN4O5S/c1-4-25-18-32(25)40-37(45)42-49(46)21-24(2)7-5-9-34(47-3)30-13-10-28(30)20-43-22-38(16-6-8-26-17-29(39)12-14-31(26)38)23-48-35-15-11-27(19-33(35)43)36(44)41-49/h5,9,11-12,14-15,17,19,24-25,28,30,32,34H,4,6-8,10,13,16,18,20-23H2,1-3H3,(H2,40,41,42,44,45,46)/b9-5-/t24-,25+,28-,30+,32?,34-,38-,49?/m0/s1. The van der Waals surface area contributed by atoms with Crippen molar-refractivity contribution in [3.63, 3.8) is 0 Å². The van der Waals surface area contributed by atoms with Gasteiger partial charge in [-0.25, -0.2) is 9.00 Å². The van der Waals surface area contributed by atoms with Crippen LogP contribution < -0.4 is 19.7 Å². The van der Waals surface area contributed by atoms with Gasteiger partial charge in [0, 0.05) is 42.2 Å². The minimum atomic E-state index is -3.44. The minimum absolute atomic E-state index is 0.0380. The fraction of sp³-hybridized carbons (Fsp3) is 0.579. The second-order valence-corrected chi connectivity index (χ2v) is 17.5. The molecule has 2 N–H and O–H groups in total. The Morgan fingerprint density at radius 2 is 2.08 bits per heavy atom. The Labute approximate surface area is 295 Å². The van der Waals surface area contributed by atoms with Gasteiger partial charge in [-0.2, -0.15) is 0 Å². The number of carbonyl (C=O) groups excluding carboxylic acids is 2. The summed E-state index contributed by atoms with van der Waals surface area (Å²) in [4.78, 5) is 29.3. The number of halogens is 1. The molecule has 2 aliphatic heterocycles. The number of anilines is 1. The number of nitrogens with zero attached hydrogens (tertiary/aromatic N) is 2. The molecule has 2 fully saturated rings. The van der Waals surface area contributed by atoms with Gasteiger partial charge in [-0.15, -0.1) is 4.36 Å². The third-order valence-corrected chi connectivity index (χ3v) is 13.8. The predicted octanol–water partition coefficient (Wildman–Crippen LogP) is 7.07. The first kappa shape index (κ1) is 34.4. The number of methoxy groups -OCH3 is 1. The molecule has 3 amide bonds. The number of allylic oxidation sites excluding steroid dienone is 1. The normalized spacial score (nSPS) is 34.6. The van der Waals surface area contributed by atoms with Crippen molar-refractivity contribution in [3.05, 3.63) is 70.3 Å². The molecule has 3 aliphatic carbocycles. The van der Waals surface area contributed by atoms with E-state index in [-0.39, 0.29) is 29.2 Å². The lowest BCUT2D eigenvalue weighted by atomic mass is 9.68. The van der Waals surface area contributed by atoms with Crippen LogP contribution in [-0.2, 0) is 26.5 Å². The monoisotopic (exact) mass is 708 g/mol. The summed E-state index contributed by atoms with van der Waals surface area (Å²) in [5, 5.41) is 3.67. The van der Waals surface area contributed by atoms with E-state index < -0.39 is 21.9 Å². The van der Waals surface area contributed by atoms with Crippen molar-refractivity contribution < 1.29 is 23.3 Å². The zero-order chi connectivity index (χ0) is 34.3. The summed E-state index contributed by atoms with van der Waals surface area (Å²) in [6.45, 7) is 6.11. The number of aryl methyl sites for hydroxylation is 1. The van der Waals surface area contributed by atoms with E-state index in [4.69, 9.17) is 21.1 Å². The average molecular weight is 709 g/mol. The molecule has 2 saturated carbocycles. The van der Waals surface area contributed by atoms with Gasteiger partial charge in [0.2, 0.25) is 0 Å². The van der Waals surface area contributed by atoms with Crippen LogP contribution >= 0.6 is 11.6 Å². The number of nitrogens with one attached hydrogen (secondary N) is 2. The first-order chi connectivity index (χ1) is 23.6. The Balaban J connectivity index is 1.27. The molecular weight excluding hydrogens is 660 g/mol. The molecule has 5 aliphatic rings. The summed E-state index contributed by atoms with van der Waals surface area (Å²) in [7, 11) is -1.67. The van der Waals surface area contributed by atoms with Crippen molar-refractivity contribution in [2.24, 2.45) is 28.0 Å². The summed E-state index contributed by atoms with van der Waals surface area (Å²) in [6, 6.07) is 11.2. The average Bonchev–Trinajstić information content (AvgIpc) is 3.83. The Morgan fingerprint density at radius 3 is 2.84 bits per heavy atom. The van der Waals surface area contributed by atoms with Crippen molar-refractivity contribution in [1.29, 1.82) is 0 Å². The molecule has 7 rings (SSSR count). The Kier molecular flexibility index (Phi) is 9.76. The SMILES string of the molecule is CC[C@@H]1CC1NC(=O)NS1(=O)=NC(=O)c2ccc3c(c2)N(C[C@@H]2CC[C@H]2[C@@H](OC)/C=C\C[C@H](C)C1)C[C@@]1(CCCc2cc(Cl)ccc21)CO3.